The van der Waals surface area contributed by atoms with Crippen LogP contribution in [0.5, 0.6) is 5.75 Å². The minimum Gasteiger partial charge on any atom is -0.487 e. The number of carbonyl (C=O) groups excluding carboxylic acids is 1. The number of fused-ring (bicyclic) bond motifs is 2. The van der Waals surface area contributed by atoms with Crippen LogP contribution in [0.25, 0.3) is 0 Å². The fraction of sp³-hybridized carbons (Fsp3) is 0.400. The summed E-state index contributed by atoms with van der Waals surface area (Å²) in [4.78, 5) is 16.7. The maximum atomic E-state index is 13.1. The third kappa shape index (κ3) is 3.65. The number of halogens is 1. The van der Waals surface area contributed by atoms with Crippen molar-refractivity contribution in [3.63, 3.8) is 0 Å². The van der Waals surface area contributed by atoms with Crippen molar-refractivity contribution in [2.45, 2.75) is 38.3 Å². The summed E-state index contributed by atoms with van der Waals surface area (Å²) in [5.41, 5.74) is 1.26. The molecule has 2 saturated carbocycles. The molecule has 0 radical (unpaired) electrons. The molecule has 4 rings (SSSR count). The number of benzene rings is 1. The molecule has 0 saturated heterocycles. The SMILES string of the molecule is O=C(N[C@@H]1C[C@@H]2CC[C@H]1C2)c1ccc(COc2cccc(F)c2)nc1. The molecule has 130 valence electrons. The van der Waals surface area contributed by atoms with Gasteiger partial charge in [0.2, 0.25) is 0 Å². The van der Waals surface area contributed by atoms with Crippen LogP contribution in [0.1, 0.15) is 41.7 Å². The molecule has 2 aliphatic carbocycles. The van der Waals surface area contributed by atoms with E-state index < -0.39 is 0 Å². The Bertz CT molecular complexity index is 763. The van der Waals surface area contributed by atoms with Crippen LogP contribution in [0.15, 0.2) is 42.6 Å². The Morgan fingerprint density at radius 1 is 1.24 bits per heavy atom. The number of ether oxygens (including phenoxy) is 1. The second kappa shape index (κ2) is 6.82. The molecular weight excluding hydrogens is 319 g/mol. The molecule has 1 aromatic heterocycles. The predicted molar refractivity (Wildman–Crippen MR) is 91.7 cm³/mol. The van der Waals surface area contributed by atoms with Gasteiger partial charge in [-0.05, 0) is 55.4 Å². The lowest BCUT2D eigenvalue weighted by atomic mass is 9.95. The average molecular weight is 340 g/mol. The van der Waals surface area contributed by atoms with Crippen molar-refractivity contribution >= 4 is 5.91 Å². The second-order valence-corrected chi connectivity index (χ2v) is 7.04. The number of amides is 1. The molecule has 3 atom stereocenters. The molecule has 0 spiro atoms. The quantitative estimate of drug-likeness (QED) is 0.902. The van der Waals surface area contributed by atoms with Crippen molar-refractivity contribution in [3.8, 4) is 5.75 Å². The van der Waals surface area contributed by atoms with Crippen LogP contribution in [0.4, 0.5) is 4.39 Å². The second-order valence-electron chi connectivity index (χ2n) is 7.04. The Morgan fingerprint density at radius 2 is 2.16 bits per heavy atom. The number of nitrogens with zero attached hydrogens (tertiary/aromatic N) is 1. The van der Waals surface area contributed by atoms with Gasteiger partial charge in [-0.1, -0.05) is 12.5 Å². The van der Waals surface area contributed by atoms with Crippen LogP contribution in [0.3, 0.4) is 0 Å². The zero-order valence-electron chi connectivity index (χ0n) is 14.0. The van der Waals surface area contributed by atoms with Crippen LogP contribution in [0, 0.1) is 17.7 Å². The third-order valence-electron chi connectivity index (χ3n) is 5.32. The Morgan fingerprint density at radius 3 is 2.84 bits per heavy atom. The fourth-order valence-electron chi connectivity index (χ4n) is 4.03. The highest BCUT2D eigenvalue weighted by Gasteiger charge is 2.40. The molecule has 5 heteroatoms. The van der Waals surface area contributed by atoms with Crippen LogP contribution in [-0.2, 0) is 6.61 Å². The lowest BCUT2D eigenvalue weighted by molar-refractivity contribution is 0.0922. The van der Waals surface area contributed by atoms with Gasteiger partial charge >= 0.3 is 0 Å². The van der Waals surface area contributed by atoms with E-state index in [4.69, 9.17) is 4.74 Å². The van der Waals surface area contributed by atoms with E-state index in [1.807, 2.05) is 0 Å². The van der Waals surface area contributed by atoms with Crippen LogP contribution < -0.4 is 10.1 Å². The number of carbonyl (C=O) groups is 1. The van der Waals surface area contributed by atoms with Crippen LogP contribution >= 0.6 is 0 Å². The first-order chi connectivity index (χ1) is 12.2. The summed E-state index contributed by atoms with van der Waals surface area (Å²) in [6.07, 6.45) is 6.51. The molecular formula is C20H21FN2O2. The van der Waals surface area contributed by atoms with Gasteiger partial charge in [-0.3, -0.25) is 9.78 Å². The maximum absolute atomic E-state index is 13.1. The van der Waals surface area contributed by atoms with Crippen LogP contribution in [0.2, 0.25) is 0 Å². The molecule has 1 aromatic carbocycles. The van der Waals surface area contributed by atoms with Gasteiger partial charge in [-0.15, -0.1) is 0 Å². The molecule has 2 bridgehead atoms. The molecule has 4 nitrogen and oxygen atoms in total. The van der Waals surface area contributed by atoms with E-state index in [2.05, 4.69) is 10.3 Å². The molecule has 1 amide bonds. The van der Waals surface area contributed by atoms with Gasteiger partial charge in [0, 0.05) is 18.3 Å². The van der Waals surface area contributed by atoms with E-state index in [-0.39, 0.29) is 18.3 Å². The summed E-state index contributed by atoms with van der Waals surface area (Å²) in [6.45, 7) is 0.234. The van der Waals surface area contributed by atoms with E-state index in [9.17, 15) is 9.18 Å². The van der Waals surface area contributed by atoms with Gasteiger partial charge < -0.3 is 10.1 Å². The van der Waals surface area contributed by atoms with E-state index in [1.54, 1.807) is 30.5 Å². The molecule has 2 aliphatic rings. The van der Waals surface area contributed by atoms with Crippen molar-refractivity contribution in [2.24, 2.45) is 11.8 Å². The van der Waals surface area contributed by atoms with E-state index in [0.717, 1.165) is 12.3 Å². The summed E-state index contributed by atoms with van der Waals surface area (Å²) in [5.74, 6) is 1.53. The van der Waals surface area contributed by atoms with Crippen LogP contribution in [-0.4, -0.2) is 16.9 Å². The minimum absolute atomic E-state index is 0.0531. The van der Waals surface area contributed by atoms with Crippen molar-refractivity contribution in [3.05, 3.63) is 59.7 Å². The summed E-state index contributed by atoms with van der Waals surface area (Å²) in [5, 5.41) is 3.16. The number of hydrogen-bond donors (Lipinski definition) is 1. The van der Waals surface area contributed by atoms with Gasteiger partial charge in [-0.2, -0.15) is 0 Å². The largest absolute Gasteiger partial charge is 0.487 e. The lowest BCUT2D eigenvalue weighted by Gasteiger charge is -2.22. The highest BCUT2D eigenvalue weighted by Crippen LogP contribution is 2.44. The van der Waals surface area contributed by atoms with Crippen molar-refractivity contribution < 1.29 is 13.9 Å². The van der Waals surface area contributed by atoms with E-state index in [0.29, 0.717) is 29.0 Å². The number of nitrogens with one attached hydrogen (secondary N) is 1. The van der Waals surface area contributed by atoms with Gasteiger partial charge in [0.1, 0.15) is 18.2 Å². The van der Waals surface area contributed by atoms with E-state index in [1.165, 1.54) is 31.4 Å². The summed E-state index contributed by atoms with van der Waals surface area (Å²) >= 11 is 0. The normalized spacial score (nSPS) is 24.3. The van der Waals surface area contributed by atoms with E-state index >= 15 is 0 Å². The molecule has 25 heavy (non-hydrogen) atoms. The molecule has 1 heterocycles. The molecule has 2 fully saturated rings. The highest BCUT2D eigenvalue weighted by molar-refractivity contribution is 5.94. The van der Waals surface area contributed by atoms with Gasteiger partial charge in [0.05, 0.1) is 11.3 Å². The summed E-state index contributed by atoms with van der Waals surface area (Å²) in [6, 6.07) is 9.85. The number of hydrogen-bond acceptors (Lipinski definition) is 3. The number of aromatic nitrogens is 1. The van der Waals surface area contributed by atoms with Crippen molar-refractivity contribution in [1.29, 1.82) is 0 Å². The maximum Gasteiger partial charge on any atom is 0.253 e. The Balaban J connectivity index is 1.32. The van der Waals surface area contributed by atoms with Gasteiger partial charge in [0.15, 0.2) is 0 Å². The average Bonchev–Trinajstić information content (AvgIpc) is 3.23. The first-order valence-electron chi connectivity index (χ1n) is 8.81. The Kier molecular flexibility index (Phi) is 4.38. The monoisotopic (exact) mass is 340 g/mol. The molecule has 0 unspecified atom stereocenters. The Hall–Kier alpha value is -2.43. The molecule has 2 aromatic rings. The summed E-state index contributed by atoms with van der Waals surface area (Å²) in [7, 11) is 0. The predicted octanol–water partition coefficient (Wildman–Crippen LogP) is 3.72. The Labute approximate surface area is 146 Å². The molecule has 0 aliphatic heterocycles. The first-order valence-corrected chi connectivity index (χ1v) is 8.81. The minimum atomic E-state index is -0.335. The smallest absolute Gasteiger partial charge is 0.253 e. The standard InChI is InChI=1S/C20H21FN2O2/c21-16-2-1-3-18(10-16)25-12-17-7-6-15(11-22-17)20(24)23-19-9-13-4-5-14(19)8-13/h1-3,6-7,10-11,13-14,19H,4-5,8-9,12H2,(H,23,24)/t13-,14+,19-/m1/s1. The van der Waals surface area contributed by atoms with Gasteiger partial charge in [-0.25, -0.2) is 4.39 Å². The molecule has 1 N–H and O–H groups in total. The van der Waals surface area contributed by atoms with Gasteiger partial charge in [0.25, 0.3) is 5.91 Å². The number of pyridine rings is 1. The topological polar surface area (TPSA) is 51.2 Å². The van der Waals surface area contributed by atoms with Crippen molar-refractivity contribution in [1.82, 2.24) is 10.3 Å². The first kappa shape index (κ1) is 16.1. The van der Waals surface area contributed by atoms with Crippen molar-refractivity contribution in [2.75, 3.05) is 0 Å². The lowest BCUT2D eigenvalue weighted by Crippen LogP contribution is -2.38. The highest BCUT2D eigenvalue weighted by atomic mass is 19.1. The third-order valence-corrected chi connectivity index (χ3v) is 5.32. The zero-order chi connectivity index (χ0) is 17.2. The number of rotatable bonds is 5. The fourth-order valence-corrected chi connectivity index (χ4v) is 4.03. The zero-order valence-corrected chi connectivity index (χ0v) is 14.0. The summed E-state index contributed by atoms with van der Waals surface area (Å²) < 4.78 is 18.6.